The van der Waals surface area contributed by atoms with Gasteiger partial charge in [0, 0.05) is 11.3 Å². The van der Waals surface area contributed by atoms with Crippen molar-refractivity contribution in [2.24, 2.45) is 0 Å². The van der Waals surface area contributed by atoms with Crippen LogP contribution in [0.3, 0.4) is 0 Å². The van der Waals surface area contributed by atoms with Gasteiger partial charge in [0.15, 0.2) is 5.82 Å². The lowest BCUT2D eigenvalue weighted by Gasteiger charge is -2.07. The third-order valence-corrected chi connectivity index (χ3v) is 3.10. The third kappa shape index (κ3) is 2.68. The molecule has 94 valence electrons. The van der Waals surface area contributed by atoms with Gasteiger partial charge >= 0.3 is 0 Å². The molecule has 0 spiro atoms. The molecule has 2 aromatic rings. The molecule has 1 aromatic carbocycles. The van der Waals surface area contributed by atoms with Crippen LogP contribution in [-0.4, -0.2) is 22.2 Å². The van der Waals surface area contributed by atoms with Crippen molar-refractivity contribution in [2.45, 2.75) is 13.5 Å². The lowest BCUT2D eigenvalue weighted by Crippen LogP contribution is -1.98. The molecular weight excluding hydrogens is 296 g/mol. The summed E-state index contributed by atoms with van der Waals surface area (Å²) in [7, 11) is 1.62. The third-order valence-electron chi connectivity index (χ3n) is 2.48. The molecule has 0 aliphatic rings. The zero-order valence-electron chi connectivity index (χ0n) is 10.1. The molecule has 0 aliphatic carbocycles. The van der Waals surface area contributed by atoms with Gasteiger partial charge in [0.2, 0.25) is 0 Å². The Hall–Kier alpha value is -1.46. The van der Waals surface area contributed by atoms with Crippen LogP contribution in [0.25, 0.3) is 11.4 Å². The van der Waals surface area contributed by atoms with Crippen LogP contribution < -0.4 is 4.74 Å². The Labute approximate surface area is 114 Å². The van der Waals surface area contributed by atoms with Gasteiger partial charge in [-0.15, -0.1) is 0 Å². The topological polar surface area (TPSA) is 55.2 Å². The molecular formula is C13H13BrN2O2. The van der Waals surface area contributed by atoms with Crippen molar-refractivity contribution >= 4 is 15.9 Å². The van der Waals surface area contributed by atoms with Crippen molar-refractivity contribution in [3.05, 3.63) is 40.1 Å². The molecule has 0 amide bonds. The number of halogens is 1. The lowest BCUT2D eigenvalue weighted by molar-refractivity contribution is 0.276. The fourth-order valence-corrected chi connectivity index (χ4v) is 2.19. The van der Waals surface area contributed by atoms with Gasteiger partial charge in [-0.05, 0) is 47.1 Å². The Balaban J connectivity index is 2.48. The molecule has 0 aliphatic heterocycles. The Bertz CT molecular complexity index is 573. The van der Waals surface area contributed by atoms with E-state index in [-0.39, 0.29) is 6.61 Å². The first-order chi connectivity index (χ1) is 8.63. The monoisotopic (exact) mass is 308 g/mol. The second-order valence-corrected chi connectivity index (χ2v) is 4.69. The van der Waals surface area contributed by atoms with Gasteiger partial charge in [0.25, 0.3) is 0 Å². The lowest BCUT2D eigenvalue weighted by atomic mass is 10.2. The maximum absolute atomic E-state index is 9.15. The van der Waals surface area contributed by atoms with Crippen LogP contribution in [0.1, 0.15) is 11.4 Å². The predicted molar refractivity (Wildman–Crippen MR) is 72.4 cm³/mol. The average molecular weight is 309 g/mol. The number of rotatable bonds is 3. The fourth-order valence-electron chi connectivity index (χ4n) is 1.65. The first-order valence-corrected chi connectivity index (χ1v) is 6.22. The number of methoxy groups -OCH3 is 1. The van der Waals surface area contributed by atoms with Crippen LogP contribution in [-0.2, 0) is 6.61 Å². The maximum Gasteiger partial charge on any atom is 0.159 e. The summed E-state index contributed by atoms with van der Waals surface area (Å²) < 4.78 is 6.02. The second kappa shape index (κ2) is 5.46. The van der Waals surface area contributed by atoms with E-state index in [4.69, 9.17) is 9.84 Å². The minimum Gasteiger partial charge on any atom is -0.496 e. The number of ether oxygens (including phenoxy) is 1. The van der Waals surface area contributed by atoms with Crippen molar-refractivity contribution in [1.82, 2.24) is 9.97 Å². The van der Waals surface area contributed by atoms with E-state index in [0.29, 0.717) is 11.5 Å². The van der Waals surface area contributed by atoms with Crippen molar-refractivity contribution in [2.75, 3.05) is 7.11 Å². The van der Waals surface area contributed by atoms with E-state index in [1.807, 2.05) is 25.1 Å². The highest BCUT2D eigenvalue weighted by atomic mass is 79.9. The van der Waals surface area contributed by atoms with E-state index in [1.54, 1.807) is 13.2 Å². The molecule has 0 fully saturated rings. The number of aliphatic hydroxyl groups excluding tert-OH is 1. The van der Waals surface area contributed by atoms with Crippen LogP contribution in [0.4, 0.5) is 0 Å². The Morgan fingerprint density at radius 2 is 2.06 bits per heavy atom. The fraction of sp³-hybridized carbons (Fsp3) is 0.231. The maximum atomic E-state index is 9.15. The largest absolute Gasteiger partial charge is 0.496 e. The van der Waals surface area contributed by atoms with Gasteiger partial charge in [-0.3, -0.25) is 0 Å². The highest BCUT2D eigenvalue weighted by Gasteiger charge is 2.07. The van der Waals surface area contributed by atoms with Gasteiger partial charge in [-0.2, -0.15) is 0 Å². The zero-order chi connectivity index (χ0) is 13.1. The zero-order valence-corrected chi connectivity index (χ0v) is 11.7. The minimum atomic E-state index is -0.0896. The van der Waals surface area contributed by atoms with E-state index in [2.05, 4.69) is 25.9 Å². The average Bonchev–Trinajstić information content (AvgIpc) is 2.37. The number of nitrogens with zero attached hydrogens (tertiary/aromatic N) is 2. The molecule has 1 heterocycles. The second-order valence-electron chi connectivity index (χ2n) is 3.83. The Morgan fingerprint density at radius 3 is 2.67 bits per heavy atom. The van der Waals surface area contributed by atoms with Gasteiger partial charge in [0.05, 0.1) is 23.9 Å². The minimum absolute atomic E-state index is 0.0896. The molecule has 18 heavy (non-hydrogen) atoms. The van der Waals surface area contributed by atoms with E-state index < -0.39 is 0 Å². The van der Waals surface area contributed by atoms with Crippen LogP contribution in [0.15, 0.2) is 28.7 Å². The quantitative estimate of drug-likeness (QED) is 0.947. The summed E-state index contributed by atoms with van der Waals surface area (Å²) in [6.07, 6.45) is 0. The number of hydrogen-bond acceptors (Lipinski definition) is 4. The van der Waals surface area contributed by atoms with Gasteiger partial charge in [-0.25, -0.2) is 9.97 Å². The van der Waals surface area contributed by atoms with Crippen LogP contribution in [0.2, 0.25) is 0 Å². The molecule has 0 saturated carbocycles. The molecule has 1 aromatic heterocycles. The highest BCUT2D eigenvalue weighted by molar-refractivity contribution is 9.10. The molecule has 2 rings (SSSR count). The van der Waals surface area contributed by atoms with Crippen molar-refractivity contribution < 1.29 is 9.84 Å². The smallest absolute Gasteiger partial charge is 0.159 e. The highest BCUT2D eigenvalue weighted by Crippen LogP contribution is 2.29. The number of aliphatic hydroxyl groups is 1. The molecule has 0 saturated heterocycles. The van der Waals surface area contributed by atoms with Crippen molar-refractivity contribution in [3.63, 3.8) is 0 Å². The van der Waals surface area contributed by atoms with Gasteiger partial charge in [-0.1, -0.05) is 0 Å². The molecule has 4 nitrogen and oxygen atoms in total. The number of hydrogen-bond donors (Lipinski definition) is 1. The summed E-state index contributed by atoms with van der Waals surface area (Å²) in [4.78, 5) is 8.66. The number of benzene rings is 1. The standard InChI is InChI=1S/C13H13BrN2O2/c1-8-5-10(7-17)16-13(15-8)9-3-4-12(18-2)11(14)6-9/h3-6,17H,7H2,1-2H3. The normalized spacial score (nSPS) is 10.4. The first-order valence-electron chi connectivity index (χ1n) is 5.43. The summed E-state index contributed by atoms with van der Waals surface area (Å²) in [5.41, 5.74) is 2.32. The summed E-state index contributed by atoms with van der Waals surface area (Å²) in [5.74, 6) is 1.36. The predicted octanol–water partition coefficient (Wildman–Crippen LogP) is 2.72. The molecule has 0 unspecified atom stereocenters. The van der Waals surface area contributed by atoms with E-state index >= 15 is 0 Å². The summed E-state index contributed by atoms with van der Waals surface area (Å²) in [6.45, 7) is 1.79. The van der Waals surface area contributed by atoms with E-state index in [1.165, 1.54) is 0 Å². The van der Waals surface area contributed by atoms with Crippen molar-refractivity contribution in [3.8, 4) is 17.1 Å². The van der Waals surface area contributed by atoms with Crippen LogP contribution in [0.5, 0.6) is 5.75 Å². The van der Waals surface area contributed by atoms with Crippen LogP contribution in [0, 0.1) is 6.92 Å². The molecule has 0 bridgehead atoms. The van der Waals surface area contributed by atoms with Crippen LogP contribution >= 0.6 is 15.9 Å². The Kier molecular flexibility index (Phi) is 3.93. The molecule has 0 radical (unpaired) electrons. The molecule has 1 N–H and O–H groups in total. The number of aryl methyl sites for hydroxylation is 1. The number of aromatic nitrogens is 2. The molecule has 5 heteroatoms. The van der Waals surface area contributed by atoms with Gasteiger partial charge < -0.3 is 9.84 Å². The SMILES string of the molecule is COc1ccc(-c2nc(C)cc(CO)n2)cc1Br. The van der Waals surface area contributed by atoms with E-state index in [9.17, 15) is 0 Å². The summed E-state index contributed by atoms with van der Waals surface area (Å²) in [6, 6.07) is 7.40. The summed E-state index contributed by atoms with van der Waals surface area (Å²) >= 11 is 3.43. The molecule has 0 atom stereocenters. The van der Waals surface area contributed by atoms with E-state index in [0.717, 1.165) is 21.5 Å². The Morgan fingerprint density at radius 1 is 1.28 bits per heavy atom. The summed E-state index contributed by atoms with van der Waals surface area (Å²) in [5, 5.41) is 9.15. The van der Waals surface area contributed by atoms with Gasteiger partial charge in [0.1, 0.15) is 5.75 Å². The van der Waals surface area contributed by atoms with Crippen molar-refractivity contribution in [1.29, 1.82) is 0 Å². The first kappa shape index (κ1) is 13.0.